The summed E-state index contributed by atoms with van der Waals surface area (Å²) in [6, 6.07) is 0. The number of hydrogen-bond donors (Lipinski definition) is 0. The van der Waals surface area contributed by atoms with Gasteiger partial charge in [0.05, 0.1) is 11.9 Å². The minimum absolute atomic E-state index is 0.0287. The van der Waals surface area contributed by atoms with Gasteiger partial charge in [0.1, 0.15) is 6.42 Å². The normalized spacial score (nSPS) is 21.5. The van der Waals surface area contributed by atoms with Crippen molar-refractivity contribution in [3.63, 3.8) is 0 Å². The highest BCUT2D eigenvalue weighted by Crippen LogP contribution is 2.27. The monoisotopic (exact) mass is 202 g/mol. The number of ether oxygens (including phenoxy) is 1. The zero-order chi connectivity index (χ0) is 9.68. The molecule has 74 valence electrons. The molecule has 13 heavy (non-hydrogen) atoms. The van der Waals surface area contributed by atoms with Crippen LogP contribution in [-0.4, -0.2) is 29.4 Å². The average Bonchev–Trinajstić information content (AvgIpc) is 2.55. The molecule has 1 unspecified atom stereocenters. The molecule has 1 saturated heterocycles. The van der Waals surface area contributed by atoms with Crippen molar-refractivity contribution in [2.75, 3.05) is 12.4 Å². The molecule has 0 bridgehead atoms. The molecule has 0 saturated carbocycles. The van der Waals surface area contributed by atoms with E-state index in [2.05, 4.69) is 0 Å². The van der Waals surface area contributed by atoms with Crippen LogP contribution in [0.25, 0.3) is 0 Å². The van der Waals surface area contributed by atoms with E-state index in [9.17, 15) is 9.59 Å². The van der Waals surface area contributed by atoms with Gasteiger partial charge in [-0.15, -0.1) is 0 Å². The Bertz CT molecular complexity index is 197. The van der Waals surface area contributed by atoms with Crippen LogP contribution in [0.15, 0.2) is 0 Å². The van der Waals surface area contributed by atoms with Crippen LogP contribution in [0.4, 0.5) is 0 Å². The Kier molecular flexibility index (Phi) is 4.28. The van der Waals surface area contributed by atoms with Gasteiger partial charge in [0.15, 0.2) is 5.78 Å². The zero-order valence-electron chi connectivity index (χ0n) is 7.75. The number of Topliss-reactive ketones (excluding diaryl/α,β-unsaturated/α-hetero) is 1. The van der Waals surface area contributed by atoms with Crippen molar-refractivity contribution in [1.29, 1.82) is 0 Å². The van der Waals surface area contributed by atoms with Crippen molar-refractivity contribution in [3.8, 4) is 0 Å². The Morgan fingerprint density at radius 3 is 2.85 bits per heavy atom. The smallest absolute Gasteiger partial charge is 0.313 e. The number of hydrogen-bond acceptors (Lipinski definition) is 4. The molecule has 3 nitrogen and oxygen atoms in total. The van der Waals surface area contributed by atoms with E-state index in [1.54, 1.807) is 18.7 Å². The van der Waals surface area contributed by atoms with Crippen LogP contribution in [0.2, 0.25) is 0 Å². The lowest BCUT2D eigenvalue weighted by atomic mass is 10.1. The lowest BCUT2D eigenvalue weighted by Crippen LogP contribution is -2.19. The van der Waals surface area contributed by atoms with E-state index in [4.69, 9.17) is 4.74 Å². The third-order valence-electron chi connectivity index (χ3n) is 1.91. The fourth-order valence-electron chi connectivity index (χ4n) is 1.30. The Labute approximate surface area is 82.2 Å². The largest absolute Gasteiger partial charge is 0.466 e. The lowest BCUT2D eigenvalue weighted by molar-refractivity contribution is -0.145. The average molecular weight is 202 g/mol. The number of carbonyl (C=O) groups excluding carboxylic acids is 2. The molecule has 1 fully saturated rings. The van der Waals surface area contributed by atoms with Crippen LogP contribution in [0.1, 0.15) is 26.2 Å². The predicted molar refractivity (Wildman–Crippen MR) is 51.7 cm³/mol. The number of carbonyl (C=O) groups is 2. The summed E-state index contributed by atoms with van der Waals surface area (Å²) < 4.78 is 4.70. The van der Waals surface area contributed by atoms with Gasteiger partial charge in [0.2, 0.25) is 0 Å². The first kappa shape index (κ1) is 10.6. The lowest BCUT2D eigenvalue weighted by Gasteiger charge is -2.06. The Morgan fingerprint density at radius 1 is 1.54 bits per heavy atom. The van der Waals surface area contributed by atoms with E-state index in [0.717, 1.165) is 18.6 Å². The van der Waals surface area contributed by atoms with Crippen LogP contribution in [0.3, 0.4) is 0 Å². The van der Waals surface area contributed by atoms with Crippen molar-refractivity contribution in [1.82, 2.24) is 0 Å². The molecular formula is C9H14O3S. The first-order valence-electron chi connectivity index (χ1n) is 4.54. The molecule has 0 amide bonds. The number of ketones is 1. The Balaban J connectivity index is 2.27. The second kappa shape index (κ2) is 5.27. The second-order valence-corrected chi connectivity index (χ2v) is 4.26. The fraction of sp³-hybridized carbons (Fsp3) is 0.778. The Hall–Kier alpha value is -0.510. The maximum Gasteiger partial charge on any atom is 0.313 e. The van der Waals surface area contributed by atoms with E-state index in [1.807, 2.05) is 0 Å². The molecule has 0 aliphatic carbocycles. The quantitative estimate of drug-likeness (QED) is 0.510. The summed E-state index contributed by atoms with van der Waals surface area (Å²) in [5, 5.41) is 0.0457. The molecule has 0 radical (unpaired) electrons. The number of esters is 1. The molecule has 0 N–H and O–H groups in total. The molecular weight excluding hydrogens is 188 g/mol. The van der Waals surface area contributed by atoms with Gasteiger partial charge in [-0.2, -0.15) is 11.8 Å². The van der Waals surface area contributed by atoms with Crippen molar-refractivity contribution in [2.45, 2.75) is 31.4 Å². The van der Waals surface area contributed by atoms with Crippen molar-refractivity contribution in [2.24, 2.45) is 0 Å². The minimum Gasteiger partial charge on any atom is -0.466 e. The van der Waals surface area contributed by atoms with Crippen LogP contribution in [0.5, 0.6) is 0 Å². The molecule has 1 rings (SSSR count). The van der Waals surface area contributed by atoms with Crippen molar-refractivity contribution in [3.05, 3.63) is 0 Å². The summed E-state index contributed by atoms with van der Waals surface area (Å²) in [5.41, 5.74) is 0. The van der Waals surface area contributed by atoms with E-state index in [-0.39, 0.29) is 23.4 Å². The molecule has 0 aromatic rings. The van der Waals surface area contributed by atoms with E-state index in [1.165, 1.54) is 0 Å². The van der Waals surface area contributed by atoms with Crippen molar-refractivity contribution >= 4 is 23.5 Å². The minimum atomic E-state index is -0.389. The fourth-order valence-corrected chi connectivity index (χ4v) is 2.52. The summed E-state index contributed by atoms with van der Waals surface area (Å²) in [4.78, 5) is 22.4. The molecule has 0 spiro atoms. The van der Waals surface area contributed by atoms with Gasteiger partial charge >= 0.3 is 5.97 Å². The molecule has 1 atom stereocenters. The van der Waals surface area contributed by atoms with E-state index >= 15 is 0 Å². The Morgan fingerprint density at radius 2 is 2.31 bits per heavy atom. The van der Waals surface area contributed by atoms with Gasteiger partial charge < -0.3 is 4.74 Å². The van der Waals surface area contributed by atoms with E-state index < -0.39 is 0 Å². The van der Waals surface area contributed by atoms with Crippen LogP contribution in [0, 0.1) is 0 Å². The molecule has 1 heterocycles. The standard InChI is InChI=1S/C9H14O3S/c1-2-12-9(11)6-7(10)8-4-3-5-13-8/h8H,2-6H2,1H3. The molecule has 0 aromatic heterocycles. The highest BCUT2D eigenvalue weighted by atomic mass is 32.2. The van der Waals surface area contributed by atoms with Gasteiger partial charge in [0.25, 0.3) is 0 Å². The van der Waals surface area contributed by atoms with E-state index in [0.29, 0.717) is 6.61 Å². The van der Waals surface area contributed by atoms with Crippen LogP contribution < -0.4 is 0 Å². The third-order valence-corrected chi connectivity index (χ3v) is 3.34. The number of thioether (sulfide) groups is 1. The van der Waals surface area contributed by atoms with Gasteiger partial charge in [-0.25, -0.2) is 0 Å². The summed E-state index contributed by atoms with van der Waals surface area (Å²) in [6.07, 6.45) is 1.96. The summed E-state index contributed by atoms with van der Waals surface area (Å²) in [7, 11) is 0. The maximum absolute atomic E-state index is 11.4. The molecule has 1 aliphatic rings. The van der Waals surface area contributed by atoms with Gasteiger partial charge in [-0.3, -0.25) is 9.59 Å². The van der Waals surface area contributed by atoms with Gasteiger partial charge in [-0.1, -0.05) is 0 Å². The predicted octanol–water partition coefficient (Wildman–Crippen LogP) is 1.40. The second-order valence-electron chi connectivity index (χ2n) is 2.95. The third kappa shape index (κ3) is 3.38. The summed E-state index contributed by atoms with van der Waals surface area (Å²) in [5.74, 6) is 0.681. The molecule has 1 aliphatic heterocycles. The molecule has 4 heteroatoms. The number of rotatable bonds is 4. The first-order chi connectivity index (χ1) is 6.24. The topological polar surface area (TPSA) is 43.4 Å². The highest BCUT2D eigenvalue weighted by Gasteiger charge is 2.25. The summed E-state index contributed by atoms with van der Waals surface area (Å²) >= 11 is 1.65. The zero-order valence-corrected chi connectivity index (χ0v) is 8.56. The maximum atomic E-state index is 11.4. The molecule has 0 aromatic carbocycles. The van der Waals surface area contributed by atoms with Gasteiger partial charge in [0, 0.05) is 0 Å². The van der Waals surface area contributed by atoms with Crippen LogP contribution in [-0.2, 0) is 14.3 Å². The highest BCUT2D eigenvalue weighted by molar-refractivity contribution is 8.00. The summed E-state index contributed by atoms with van der Waals surface area (Å²) in [6.45, 7) is 2.09. The van der Waals surface area contributed by atoms with Crippen molar-refractivity contribution < 1.29 is 14.3 Å². The van der Waals surface area contributed by atoms with Crippen LogP contribution >= 0.6 is 11.8 Å². The van der Waals surface area contributed by atoms with Gasteiger partial charge in [-0.05, 0) is 25.5 Å². The first-order valence-corrected chi connectivity index (χ1v) is 5.59. The SMILES string of the molecule is CCOC(=O)CC(=O)C1CCCS1.